The molecular formula is C20H17N3O2. The predicted octanol–water partition coefficient (Wildman–Crippen LogP) is 3.03. The van der Waals surface area contributed by atoms with Gasteiger partial charge in [0.25, 0.3) is 0 Å². The van der Waals surface area contributed by atoms with Crippen LogP contribution in [0.15, 0.2) is 61.2 Å². The Bertz CT molecular complexity index is 1020. The molecule has 0 radical (unpaired) electrons. The summed E-state index contributed by atoms with van der Waals surface area (Å²) in [6.45, 7) is 4.54. The van der Waals surface area contributed by atoms with Crippen molar-refractivity contribution in [3.8, 4) is 0 Å². The molecule has 1 N–H and O–H groups in total. The van der Waals surface area contributed by atoms with Crippen LogP contribution in [-0.4, -0.2) is 22.3 Å². The molecule has 0 unspecified atom stereocenters. The summed E-state index contributed by atoms with van der Waals surface area (Å²) >= 11 is 0. The van der Waals surface area contributed by atoms with Crippen LogP contribution in [-0.2, 0) is 6.42 Å². The first kappa shape index (κ1) is 15.2. The molecule has 25 heavy (non-hydrogen) atoms. The molecule has 0 fully saturated rings. The molecule has 1 aliphatic heterocycles. The molecule has 5 nitrogen and oxygen atoms in total. The highest BCUT2D eigenvalue weighted by Gasteiger charge is 2.35. The molecule has 0 aliphatic carbocycles. The molecular weight excluding hydrogens is 314 g/mol. The summed E-state index contributed by atoms with van der Waals surface area (Å²) in [4.78, 5) is 14.7. The van der Waals surface area contributed by atoms with Crippen LogP contribution >= 0.6 is 0 Å². The fourth-order valence-corrected chi connectivity index (χ4v) is 3.55. The van der Waals surface area contributed by atoms with Crippen LogP contribution < -0.4 is 4.98 Å². The number of H-pyrrole nitrogens is 1. The lowest BCUT2D eigenvalue weighted by atomic mass is 9.92. The SMILES string of the molecule is C=CC=[N+]1CCc2c([nH+][c-]3ccccc23)[C-]1c1ccccc1[N+](=O)[O-]. The maximum absolute atomic E-state index is 11.5. The summed E-state index contributed by atoms with van der Waals surface area (Å²) in [5.74, 6) is 0. The molecule has 2 heterocycles. The summed E-state index contributed by atoms with van der Waals surface area (Å²) in [6, 6.07) is 15.8. The summed E-state index contributed by atoms with van der Waals surface area (Å²) in [6.07, 6.45) is 4.46. The molecule has 2 aromatic carbocycles. The molecule has 0 spiro atoms. The zero-order chi connectivity index (χ0) is 17.4. The number of nitro benzene ring substituents is 1. The fraction of sp³-hybridized carbons (Fsp3) is 0.100. The molecule has 0 saturated carbocycles. The van der Waals surface area contributed by atoms with Gasteiger partial charge in [0.05, 0.1) is 0 Å². The lowest BCUT2D eigenvalue weighted by Gasteiger charge is -2.24. The lowest BCUT2D eigenvalue weighted by molar-refractivity contribution is -0.520. The second kappa shape index (κ2) is 5.94. The number of allylic oxidation sites excluding steroid dienone is 1. The van der Waals surface area contributed by atoms with Gasteiger partial charge in [-0.1, -0.05) is 29.1 Å². The van der Waals surface area contributed by atoms with Crippen LogP contribution in [0.4, 0.5) is 5.69 Å². The van der Waals surface area contributed by atoms with Gasteiger partial charge in [0, 0.05) is 16.9 Å². The van der Waals surface area contributed by atoms with Gasteiger partial charge in [-0.2, -0.15) is 0 Å². The van der Waals surface area contributed by atoms with E-state index in [0.717, 1.165) is 30.2 Å². The number of hydrogen-bond acceptors (Lipinski definition) is 2. The van der Waals surface area contributed by atoms with Gasteiger partial charge in [-0.05, 0) is 12.1 Å². The van der Waals surface area contributed by atoms with E-state index in [1.54, 1.807) is 24.3 Å². The maximum atomic E-state index is 11.5. The first-order valence-electron chi connectivity index (χ1n) is 8.14. The van der Waals surface area contributed by atoms with Crippen LogP contribution in [0.25, 0.3) is 10.9 Å². The molecule has 3 aromatic rings. The largest absolute Gasteiger partial charge is 0.277 e. The minimum atomic E-state index is -0.328. The number of fused-ring (bicyclic) bond motifs is 3. The molecule has 4 rings (SSSR count). The number of nitro groups is 1. The van der Waals surface area contributed by atoms with Gasteiger partial charge in [-0.15, -0.1) is 30.8 Å². The number of benzene rings is 2. The van der Waals surface area contributed by atoms with Crippen molar-refractivity contribution in [1.29, 1.82) is 0 Å². The zero-order valence-corrected chi connectivity index (χ0v) is 13.6. The van der Waals surface area contributed by atoms with Gasteiger partial charge in [0.15, 0.2) is 11.7 Å². The van der Waals surface area contributed by atoms with E-state index in [2.05, 4.69) is 17.6 Å². The molecule has 0 saturated heterocycles. The first-order chi connectivity index (χ1) is 12.2. The number of nitrogens with zero attached hydrogens (tertiary/aromatic N) is 2. The summed E-state index contributed by atoms with van der Waals surface area (Å²) in [7, 11) is 0. The van der Waals surface area contributed by atoms with Crippen molar-refractivity contribution in [3.63, 3.8) is 0 Å². The van der Waals surface area contributed by atoms with Crippen molar-refractivity contribution in [1.82, 2.24) is 0 Å². The van der Waals surface area contributed by atoms with E-state index in [-0.39, 0.29) is 10.6 Å². The van der Waals surface area contributed by atoms with Crippen LogP contribution in [0.1, 0.15) is 16.8 Å². The third-order valence-electron chi connectivity index (χ3n) is 4.58. The maximum Gasteiger partial charge on any atom is 0.219 e. The van der Waals surface area contributed by atoms with Crippen molar-refractivity contribution in [3.05, 3.63) is 94.2 Å². The van der Waals surface area contributed by atoms with Crippen molar-refractivity contribution in [2.75, 3.05) is 6.54 Å². The van der Waals surface area contributed by atoms with Crippen molar-refractivity contribution >= 4 is 22.8 Å². The van der Waals surface area contributed by atoms with E-state index < -0.39 is 0 Å². The Kier molecular flexibility index (Phi) is 3.61. The van der Waals surface area contributed by atoms with Crippen LogP contribution in [0, 0.1) is 16.2 Å². The summed E-state index contributed by atoms with van der Waals surface area (Å²) in [5.41, 5.74) is 3.91. The van der Waals surface area contributed by atoms with Crippen LogP contribution in [0.2, 0.25) is 0 Å². The quantitative estimate of drug-likeness (QED) is 0.320. The fourth-order valence-electron chi connectivity index (χ4n) is 3.55. The van der Waals surface area contributed by atoms with Gasteiger partial charge in [0.1, 0.15) is 18.3 Å². The third kappa shape index (κ3) is 2.41. The van der Waals surface area contributed by atoms with E-state index in [4.69, 9.17) is 0 Å². The van der Waals surface area contributed by atoms with Crippen LogP contribution in [0.5, 0.6) is 0 Å². The van der Waals surface area contributed by atoms with Gasteiger partial charge < -0.3 is 0 Å². The molecule has 0 bridgehead atoms. The van der Waals surface area contributed by atoms with E-state index in [0.29, 0.717) is 5.56 Å². The normalized spacial score (nSPS) is 15.4. The molecule has 124 valence electrons. The first-order valence-corrected chi connectivity index (χ1v) is 8.14. The van der Waals surface area contributed by atoms with Crippen molar-refractivity contribution < 1.29 is 14.5 Å². The number of aromatic amines is 1. The van der Waals surface area contributed by atoms with E-state index in [9.17, 15) is 10.1 Å². The van der Waals surface area contributed by atoms with E-state index in [1.165, 1.54) is 10.9 Å². The van der Waals surface area contributed by atoms with Crippen molar-refractivity contribution in [2.45, 2.75) is 6.42 Å². The molecule has 0 atom stereocenters. The van der Waals surface area contributed by atoms with Gasteiger partial charge in [-0.3, -0.25) is 19.7 Å². The average molecular weight is 331 g/mol. The lowest BCUT2D eigenvalue weighted by Crippen LogP contribution is -2.33. The number of hydrogen-bond donors (Lipinski definition) is 0. The predicted molar refractivity (Wildman–Crippen MR) is 95.7 cm³/mol. The summed E-state index contributed by atoms with van der Waals surface area (Å²) < 4.78 is 2.03. The Balaban J connectivity index is 2.00. The molecule has 1 aromatic heterocycles. The van der Waals surface area contributed by atoms with Crippen LogP contribution in [0.3, 0.4) is 0 Å². The topological polar surface area (TPSA) is 60.3 Å². The zero-order valence-electron chi connectivity index (χ0n) is 13.6. The monoisotopic (exact) mass is 331 g/mol. The standard InChI is InChI=1S/C20H17N3O2/c1-2-12-22-13-11-15-14-7-3-5-9-17(14)21-19(15)20(22)16-8-4-6-10-18(16)23(24)25/h2-10,12,21H,1,11,13H2. The van der Waals surface area contributed by atoms with E-state index in [1.807, 2.05) is 35.1 Å². The van der Waals surface area contributed by atoms with Crippen molar-refractivity contribution in [2.24, 2.45) is 0 Å². The highest BCUT2D eigenvalue weighted by molar-refractivity contribution is 5.82. The molecule has 1 aliphatic rings. The second-order valence-electron chi connectivity index (χ2n) is 5.98. The Morgan fingerprint density at radius 1 is 1.24 bits per heavy atom. The minimum absolute atomic E-state index is 0.103. The number of nitrogens with one attached hydrogen (secondary N) is 1. The smallest absolute Gasteiger partial charge is 0.219 e. The molecule has 0 amide bonds. The van der Waals surface area contributed by atoms with Gasteiger partial charge >= 0.3 is 0 Å². The highest BCUT2D eigenvalue weighted by atomic mass is 16.6. The molecule has 5 heteroatoms. The number of para-hydroxylation sites is 2. The third-order valence-corrected chi connectivity index (χ3v) is 4.58. The average Bonchev–Trinajstić information content (AvgIpc) is 3.00. The van der Waals surface area contributed by atoms with E-state index >= 15 is 0 Å². The Morgan fingerprint density at radius 3 is 2.84 bits per heavy atom. The number of aromatic nitrogens is 1. The van der Waals surface area contributed by atoms with Gasteiger partial charge in [-0.25, -0.2) is 0 Å². The Labute approximate surface area is 145 Å². The Morgan fingerprint density at radius 2 is 2.04 bits per heavy atom. The Hall–Kier alpha value is -3.34. The van der Waals surface area contributed by atoms with Gasteiger partial charge in [0.2, 0.25) is 5.69 Å². The highest BCUT2D eigenvalue weighted by Crippen LogP contribution is 2.36. The second-order valence-corrected chi connectivity index (χ2v) is 5.98. The summed E-state index contributed by atoms with van der Waals surface area (Å²) in [5, 5.41) is 12.7. The number of rotatable bonds is 3. The minimum Gasteiger partial charge on any atom is -0.277 e.